The lowest BCUT2D eigenvalue weighted by Gasteiger charge is -1.72. The summed E-state index contributed by atoms with van der Waals surface area (Å²) < 4.78 is 0. The van der Waals surface area contributed by atoms with Crippen LogP contribution in [0.4, 0.5) is 0 Å². The smallest absolute Gasteiger partial charge is 0.327 e. The number of rotatable bonds is 2. The van der Waals surface area contributed by atoms with E-state index >= 15 is 0 Å². The molecule has 0 atom stereocenters. The van der Waals surface area contributed by atoms with Crippen LogP contribution in [-0.4, -0.2) is 28.6 Å². The molecule has 0 aromatic heterocycles. The Morgan fingerprint density at radius 2 is 1.80 bits per heavy atom. The molecule has 4 nitrogen and oxygen atoms in total. The lowest BCUT2D eigenvalue weighted by Crippen LogP contribution is -1.93. The van der Waals surface area contributed by atoms with Crippen LogP contribution in [0.3, 0.4) is 0 Å². The lowest BCUT2D eigenvalue weighted by atomic mass is 10.5. The van der Waals surface area contributed by atoms with E-state index in [0.29, 0.717) is 0 Å². The predicted octanol–water partition coefficient (Wildman–Crippen LogP) is -0.175. The number of aliphatic carboxylic acids is 1. The number of ketones is 1. The number of carbonyl (C=O) groups is 2. The zero-order valence-electron chi connectivity index (χ0n) is 5.70. The summed E-state index contributed by atoms with van der Waals surface area (Å²) in [6.45, 7) is 3.96. The molecule has 0 aliphatic rings. The minimum absolute atomic E-state index is 0.190. The molecule has 0 fully saturated rings. The van der Waals surface area contributed by atoms with Crippen LogP contribution in [-0.2, 0) is 9.59 Å². The Morgan fingerprint density at radius 3 is 1.80 bits per heavy atom. The van der Waals surface area contributed by atoms with E-state index < -0.39 is 5.97 Å². The van der Waals surface area contributed by atoms with Gasteiger partial charge in [-0.1, -0.05) is 6.58 Å². The van der Waals surface area contributed by atoms with Crippen molar-refractivity contribution in [3.8, 4) is 0 Å². The largest absolute Gasteiger partial charge is 0.478 e. The van der Waals surface area contributed by atoms with Crippen LogP contribution in [0.2, 0.25) is 0 Å². The lowest BCUT2D eigenvalue weighted by molar-refractivity contribution is -0.131. The molecule has 58 valence electrons. The van der Waals surface area contributed by atoms with Gasteiger partial charge >= 0.3 is 5.97 Å². The van der Waals surface area contributed by atoms with E-state index in [4.69, 9.17) is 10.2 Å². The Balaban J connectivity index is 0. The van der Waals surface area contributed by atoms with Gasteiger partial charge in [-0.15, -0.1) is 0 Å². The second-order valence-electron chi connectivity index (χ2n) is 1.40. The van der Waals surface area contributed by atoms with Crippen molar-refractivity contribution in [1.29, 1.82) is 0 Å². The monoisotopic (exact) mass is 146 g/mol. The fourth-order valence-electron chi connectivity index (χ4n) is 0. The summed E-state index contributed by atoms with van der Waals surface area (Å²) >= 11 is 0. The maximum Gasteiger partial charge on any atom is 0.327 e. The van der Waals surface area contributed by atoms with Gasteiger partial charge in [-0.25, -0.2) is 4.79 Å². The summed E-state index contributed by atoms with van der Waals surface area (Å²) in [6.07, 6.45) is 0.833. The molecule has 0 saturated heterocycles. The second-order valence-corrected chi connectivity index (χ2v) is 1.40. The third kappa shape index (κ3) is 28.9. The molecule has 2 N–H and O–H groups in total. The van der Waals surface area contributed by atoms with E-state index in [1.54, 1.807) is 0 Å². The third-order valence-corrected chi connectivity index (χ3v) is 0.397. The van der Waals surface area contributed by atoms with Crippen molar-refractivity contribution in [3.63, 3.8) is 0 Å². The van der Waals surface area contributed by atoms with Gasteiger partial charge in [0, 0.05) is 6.08 Å². The molecule has 4 heteroatoms. The maximum atomic E-state index is 9.56. The second kappa shape index (κ2) is 7.84. The molecule has 0 aliphatic carbocycles. The molecule has 10 heavy (non-hydrogen) atoms. The van der Waals surface area contributed by atoms with Crippen LogP contribution in [0.15, 0.2) is 12.7 Å². The van der Waals surface area contributed by atoms with Gasteiger partial charge in [0.05, 0.1) is 0 Å². The van der Waals surface area contributed by atoms with Crippen molar-refractivity contribution >= 4 is 11.8 Å². The van der Waals surface area contributed by atoms with E-state index in [2.05, 4.69) is 6.58 Å². The topological polar surface area (TPSA) is 74.6 Å². The molecule has 0 rings (SSSR count). The predicted molar refractivity (Wildman–Crippen MR) is 35.6 cm³/mol. The van der Waals surface area contributed by atoms with Crippen molar-refractivity contribution in [1.82, 2.24) is 0 Å². The molecule has 0 amide bonds. The van der Waals surface area contributed by atoms with Gasteiger partial charge in [-0.2, -0.15) is 0 Å². The van der Waals surface area contributed by atoms with Gasteiger partial charge in [0.1, 0.15) is 6.61 Å². The zero-order valence-corrected chi connectivity index (χ0v) is 5.70. The molecule has 0 saturated carbocycles. The van der Waals surface area contributed by atoms with Crippen molar-refractivity contribution in [2.24, 2.45) is 0 Å². The fraction of sp³-hybridized carbons (Fsp3) is 0.333. The molecule has 0 unspecified atom stereocenters. The van der Waals surface area contributed by atoms with Crippen molar-refractivity contribution in [3.05, 3.63) is 12.7 Å². The normalized spacial score (nSPS) is 7.00. The van der Waals surface area contributed by atoms with Gasteiger partial charge < -0.3 is 10.2 Å². The summed E-state index contributed by atoms with van der Waals surface area (Å²) in [5.41, 5.74) is 0. The van der Waals surface area contributed by atoms with Crippen LogP contribution in [0.1, 0.15) is 6.92 Å². The molecule has 0 spiro atoms. The molecular formula is C6H10O4. The van der Waals surface area contributed by atoms with E-state index in [1.807, 2.05) is 0 Å². The van der Waals surface area contributed by atoms with Crippen LogP contribution >= 0.6 is 0 Å². The molecule has 0 bridgehead atoms. The first-order chi connectivity index (χ1) is 4.54. The Hall–Kier alpha value is -1.16. The summed E-state index contributed by atoms with van der Waals surface area (Å²) in [5, 5.41) is 15.4. The Bertz CT molecular complexity index is 128. The number of aliphatic hydroxyl groups excluding tert-OH is 1. The Kier molecular flexibility index (Phi) is 9.11. The van der Waals surface area contributed by atoms with Crippen LogP contribution in [0.5, 0.6) is 0 Å². The van der Waals surface area contributed by atoms with Gasteiger partial charge in [0.2, 0.25) is 0 Å². The van der Waals surface area contributed by atoms with E-state index in [0.717, 1.165) is 6.08 Å². The van der Waals surface area contributed by atoms with E-state index in [1.165, 1.54) is 6.92 Å². The Morgan fingerprint density at radius 1 is 1.60 bits per heavy atom. The first-order valence-electron chi connectivity index (χ1n) is 2.50. The maximum absolute atomic E-state index is 9.56. The number of carbonyl (C=O) groups excluding carboxylic acids is 1. The summed E-state index contributed by atoms with van der Waals surface area (Å²) in [5.74, 6) is -1.17. The number of aliphatic hydroxyl groups is 1. The first kappa shape index (κ1) is 11.6. The fourth-order valence-corrected chi connectivity index (χ4v) is 0. The highest BCUT2D eigenvalue weighted by Gasteiger charge is 1.78. The van der Waals surface area contributed by atoms with E-state index in [9.17, 15) is 9.59 Å². The van der Waals surface area contributed by atoms with Gasteiger partial charge in [0.15, 0.2) is 5.78 Å². The average Bonchev–Trinajstić information content (AvgIpc) is 1.89. The molecule has 0 aromatic carbocycles. The minimum Gasteiger partial charge on any atom is -0.478 e. The number of hydrogen-bond donors (Lipinski definition) is 2. The van der Waals surface area contributed by atoms with Crippen molar-refractivity contribution in [2.75, 3.05) is 6.61 Å². The van der Waals surface area contributed by atoms with Gasteiger partial charge in [-0.05, 0) is 6.92 Å². The van der Waals surface area contributed by atoms with Crippen LogP contribution in [0.25, 0.3) is 0 Å². The molecule has 0 heterocycles. The van der Waals surface area contributed by atoms with Gasteiger partial charge in [-0.3, -0.25) is 4.79 Å². The highest BCUT2D eigenvalue weighted by Crippen LogP contribution is 1.55. The summed E-state index contributed by atoms with van der Waals surface area (Å²) in [6, 6.07) is 0. The third-order valence-electron chi connectivity index (χ3n) is 0.397. The summed E-state index contributed by atoms with van der Waals surface area (Å²) in [7, 11) is 0. The summed E-state index contributed by atoms with van der Waals surface area (Å²) in [4.78, 5) is 18.8. The molecule has 0 aromatic rings. The highest BCUT2D eigenvalue weighted by atomic mass is 16.4. The number of Topliss-reactive ketones (excluding diaryl/α,β-unsaturated/α-hetero) is 1. The average molecular weight is 146 g/mol. The van der Waals surface area contributed by atoms with Crippen molar-refractivity contribution in [2.45, 2.75) is 6.92 Å². The first-order valence-corrected chi connectivity index (χ1v) is 2.50. The quantitative estimate of drug-likeness (QED) is 0.530. The SMILES string of the molecule is C=CC(=O)O.CC(=O)CO. The van der Waals surface area contributed by atoms with E-state index in [-0.39, 0.29) is 12.4 Å². The number of carboxylic acid groups (broad SMARTS) is 1. The van der Waals surface area contributed by atoms with Crippen LogP contribution < -0.4 is 0 Å². The van der Waals surface area contributed by atoms with Crippen LogP contribution in [0, 0.1) is 0 Å². The number of hydrogen-bond acceptors (Lipinski definition) is 3. The minimum atomic E-state index is -0.981. The number of carboxylic acids is 1. The zero-order chi connectivity index (χ0) is 8.57. The Labute approximate surface area is 58.8 Å². The van der Waals surface area contributed by atoms with Crippen molar-refractivity contribution < 1.29 is 19.8 Å². The molecular weight excluding hydrogens is 136 g/mol. The van der Waals surface area contributed by atoms with Gasteiger partial charge in [0.25, 0.3) is 0 Å². The highest BCUT2D eigenvalue weighted by molar-refractivity contribution is 5.78. The molecule has 0 aliphatic heterocycles. The molecule has 0 radical (unpaired) electrons. The standard InChI is InChI=1S/C3H6O2.C3H4O2/c1-3(5)2-4;1-2-3(4)5/h4H,2H2,1H3;2H,1H2,(H,4,5).